The predicted molar refractivity (Wildman–Crippen MR) is 146 cm³/mol. The summed E-state index contributed by atoms with van der Waals surface area (Å²) in [5, 5.41) is -4.27. The van der Waals surface area contributed by atoms with Gasteiger partial charge in [-0.25, -0.2) is 4.79 Å². The van der Waals surface area contributed by atoms with E-state index in [-0.39, 0.29) is 10.8 Å². The normalized spacial score (nSPS) is 12.7. The van der Waals surface area contributed by atoms with Gasteiger partial charge in [0.2, 0.25) is 0 Å². The van der Waals surface area contributed by atoms with Gasteiger partial charge in [0.15, 0.2) is 5.75 Å². The third-order valence-corrected chi connectivity index (χ3v) is 8.27. The minimum Gasteiger partial charge on any atom is -0.465 e. The van der Waals surface area contributed by atoms with Crippen molar-refractivity contribution < 1.29 is 61.6 Å². The number of hydrogen-bond donors (Lipinski definition) is 0. The Morgan fingerprint density at radius 2 is 1.14 bits per heavy atom. The lowest BCUT2D eigenvalue weighted by Gasteiger charge is -2.32. The Bertz CT molecular complexity index is 1660. The molecule has 4 rings (SSSR count). The summed E-state index contributed by atoms with van der Waals surface area (Å²) >= 11 is 0. The lowest BCUT2D eigenvalue weighted by Crippen LogP contribution is -2.63. The van der Waals surface area contributed by atoms with E-state index in [0.717, 1.165) is 27.8 Å². The van der Waals surface area contributed by atoms with Gasteiger partial charge in [0.05, 0.1) is 7.11 Å². The fourth-order valence-electron chi connectivity index (χ4n) is 3.53. The molecule has 5 nitrogen and oxygen atoms in total. The highest BCUT2D eigenvalue weighted by molar-refractivity contribution is 7.88. The molecule has 44 heavy (non-hydrogen) atoms. The molecule has 0 heterocycles. The molecule has 236 valence electrons. The number of halogens is 9. The first kappa shape index (κ1) is 34.6. The van der Waals surface area contributed by atoms with Crippen LogP contribution >= 0.6 is 8.58 Å². The number of ether oxygens (including phenoxy) is 1. The summed E-state index contributed by atoms with van der Waals surface area (Å²) in [6.45, 7) is 0. The second-order valence-electron chi connectivity index (χ2n) is 8.71. The van der Waals surface area contributed by atoms with Crippen LogP contribution in [0.2, 0.25) is 0 Å². The lowest BCUT2D eigenvalue weighted by atomic mass is 10.0. The maximum Gasteiger partial charge on any atom is 0.460 e. The Morgan fingerprint density at radius 1 is 0.659 bits per heavy atom. The largest absolute Gasteiger partial charge is 0.465 e. The molecular weight excluding hydrogens is 650 g/mol. The van der Waals surface area contributed by atoms with Crippen molar-refractivity contribution in [3.8, 4) is 5.75 Å². The van der Waals surface area contributed by atoms with Gasteiger partial charge in [0.1, 0.15) is 5.56 Å². The number of benzene rings is 4. The van der Waals surface area contributed by atoms with Crippen LogP contribution in [0.5, 0.6) is 5.75 Å². The molecule has 4 aromatic rings. The summed E-state index contributed by atoms with van der Waals surface area (Å²) in [4.78, 5) is 12.0. The monoisotopic (exact) mass is 670 g/mol. The molecular formula is C28H20F9O5PS. The first-order valence-electron chi connectivity index (χ1n) is 12.0. The van der Waals surface area contributed by atoms with Gasteiger partial charge in [-0.1, -0.05) is 99.6 Å². The van der Waals surface area contributed by atoms with Crippen LogP contribution in [0.15, 0.2) is 97.1 Å². The van der Waals surface area contributed by atoms with Gasteiger partial charge in [-0.15, -0.1) is 0 Å². The number of methoxy groups -OCH3 is 1. The average molecular weight is 670 g/mol. The maximum absolute atomic E-state index is 13.9. The molecule has 0 aromatic heterocycles. The zero-order valence-electron chi connectivity index (χ0n) is 22.1. The minimum atomic E-state index is -7.47. The van der Waals surface area contributed by atoms with Crippen molar-refractivity contribution in [2.24, 2.45) is 0 Å². The SMILES string of the molecule is COC(=O)c1c(OS(=O)(=O)C(F)(F)C(F)(F)C(F)(F)C(F)(F)F)ccc2ccccc12.c1ccc(Pc2ccccc2)cc1. The summed E-state index contributed by atoms with van der Waals surface area (Å²) in [6.07, 6.45) is -7.23. The lowest BCUT2D eigenvalue weighted by molar-refractivity contribution is -0.382. The molecule has 0 aliphatic heterocycles. The van der Waals surface area contributed by atoms with E-state index < -0.39 is 50.7 Å². The average Bonchev–Trinajstić information content (AvgIpc) is 2.97. The van der Waals surface area contributed by atoms with Crippen molar-refractivity contribution in [1.29, 1.82) is 0 Å². The summed E-state index contributed by atoms with van der Waals surface area (Å²) in [5.41, 5.74) is -0.883. The number of rotatable bonds is 8. The Balaban J connectivity index is 0.000000335. The molecule has 0 aliphatic carbocycles. The first-order valence-corrected chi connectivity index (χ1v) is 14.4. The highest BCUT2D eigenvalue weighted by Gasteiger charge is 2.86. The summed E-state index contributed by atoms with van der Waals surface area (Å²) in [7, 11) is -5.67. The van der Waals surface area contributed by atoms with Gasteiger partial charge in [0.25, 0.3) is 0 Å². The molecule has 0 bridgehead atoms. The smallest absolute Gasteiger partial charge is 0.460 e. The Kier molecular flexibility index (Phi) is 10.3. The molecule has 0 fully saturated rings. The highest BCUT2D eigenvalue weighted by Crippen LogP contribution is 2.55. The highest BCUT2D eigenvalue weighted by atomic mass is 32.2. The van der Waals surface area contributed by atoms with Crippen LogP contribution < -0.4 is 14.8 Å². The Hall–Kier alpha value is -3.84. The molecule has 0 atom stereocenters. The van der Waals surface area contributed by atoms with Gasteiger partial charge in [-0.05, 0) is 22.1 Å². The maximum atomic E-state index is 13.9. The number of fused-ring (bicyclic) bond motifs is 1. The van der Waals surface area contributed by atoms with E-state index in [4.69, 9.17) is 0 Å². The summed E-state index contributed by atoms with van der Waals surface area (Å²) < 4.78 is 149. The molecule has 0 spiro atoms. The zero-order chi connectivity index (χ0) is 33.0. The molecule has 0 radical (unpaired) electrons. The Labute approximate surface area is 246 Å². The second kappa shape index (κ2) is 13.0. The van der Waals surface area contributed by atoms with Crippen LogP contribution in [0.1, 0.15) is 10.4 Å². The molecule has 0 saturated heterocycles. The van der Waals surface area contributed by atoms with Gasteiger partial charge in [-0.3, -0.25) is 0 Å². The summed E-state index contributed by atoms with van der Waals surface area (Å²) in [5.74, 6) is -17.7. The van der Waals surface area contributed by atoms with Crippen molar-refractivity contribution in [2.45, 2.75) is 23.3 Å². The number of carbonyl (C=O) groups excluding carboxylic acids is 1. The van der Waals surface area contributed by atoms with Gasteiger partial charge < -0.3 is 8.92 Å². The van der Waals surface area contributed by atoms with Gasteiger partial charge in [0, 0.05) is 5.39 Å². The fraction of sp³-hybridized carbons (Fsp3) is 0.179. The van der Waals surface area contributed by atoms with Crippen LogP contribution in [0.4, 0.5) is 39.5 Å². The van der Waals surface area contributed by atoms with E-state index >= 15 is 0 Å². The van der Waals surface area contributed by atoms with E-state index in [9.17, 15) is 52.7 Å². The number of alkyl halides is 9. The molecule has 0 N–H and O–H groups in total. The van der Waals surface area contributed by atoms with Crippen LogP contribution in [0.25, 0.3) is 10.8 Å². The van der Waals surface area contributed by atoms with Crippen molar-refractivity contribution >= 4 is 46.0 Å². The van der Waals surface area contributed by atoms with Crippen molar-refractivity contribution in [1.82, 2.24) is 0 Å². The summed E-state index contributed by atoms with van der Waals surface area (Å²) in [6, 6.07) is 27.9. The standard InChI is InChI=1S/C16H9F9O5S.C12H11P/c1-29-12(26)11-9-5-3-2-4-8(9)6-7-10(11)30-31(27,28)16(24,25)14(19,20)13(17,18)15(21,22)23;1-3-7-11(8-4-1)13-12-9-5-2-6-10-12/h2-7H,1H3;1-10,13H. The van der Waals surface area contributed by atoms with Crippen LogP contribution in [0, 0.1) is 0 Å². The van der Waals surface area contributed by atoms with E-state index in [1.165, 1.54) is 28.8 Å². The molecule has 0 saturated carbocycles. The molecule has 0 aliphatic rings. The van der Waals surface area contributed by atoms with Crippen LogP contribution in [0.3, 0.4) is 0 Å². The number of esters is 1. The van der Waals surface area contributed by atoms with E-state index in [2.05, 4.69) is 69.6 Å². The second-order valence-corrected chi connectivity index (χ2v) is 11.7. The van der Waals surface area contributed by atoms with E-state index in [1.54, 1.807) is 0 Å². The van der Waals surface area contributed by atoms with E-state index in [1.807, 2.05) is 0 Å². The number of hydrogen-bond acceptors (Lipinski definition) is 5. The Morgan fingerprint density at radius 3 is 1.61 bits per heavy atom. The third-order valence-electron chi connectivity index (χ3n) is 5.75. The molecule has 0 unspecified atom stereocenters. The quantitative estimate of drug-likeness (QED) is 0.0868. The fourth-order valence-corrected chi connectivity index (χ4v) is 5.51. The third kappa shape index (κ3) is 6.94. The minimum absolute atomic E-state index is 0.183. The van der Waals surface area contributed by atoms with E-state index in [0.29, 0.717) is 6.07 Å². The van der Waals surface area contributed by atoms with Crippen molar-refractivity contribution in [3.05, 3.63) is 103 Å². The molecule has 4 aromatic carbocycles. The van der Waals surface area contributed by atoms with Gasteiger partial charge >= 0.3 is 39.4 Å². The predicted octanol–water partition coefficient (Wildman–Crippen LogP) is 7.08. The zero-order valence-corrected chi connectivity index (χ0v) is 23.9. The van der Waals surface area contributed by atoms with Crippen LogP contribution in [-0.4, -0.2) is 44.8 Å². The first-order chi connectivity index (χ1) is 20.4. The van der Waals surface area contributed by atoms with Gasteiger partial charge in [-0.2, -0.15) is 47.9 Å². The topological polar surface area (TPSA) is 69.7 Å². The molecule has 0 amide bonds. The van der Waals surface area contributed by atoms with Crippen LogP contribution in [-0.2, 0) is 14.9 Å². The van der Waals surface area contributed by atoms with Crippen molar-refractivity contribution in [3.63, 3.8) is 0 Å². The van der Waals surface area contributed by atoms with Crippen molar-refractivity contribution in [2.75, 3.05) is 7.11 Å². The number of carbonyl (C=O) groups is 1. The molecule has 16 heteroatoms.